The van der Waals surface area contributed by atoms with Crippen LogP contribution in [0.15, 0.2) is 18.2 Å². The minimum Gasteiger partial charge on any atom is -0.496 e. The van der Waals surface area contributed by atoms with Gasteiger partial charge in [-0.05, 0) is 44.0 Å². The second-order valence-electron chi connectivity index (χ2n) is 4.60. The molecule has 0 aliphatic heterocycles. The van der Waals surface area contributed by atoms with E-state index in [0.29, 0.717) is 5.92 Å². The molecule has 0 fully saturated rings. The van der Waals surface area contributed by atoms with E-state index in [0.717, 1.165) is 25.3 Å². The van der Waals surface area contributed by atoms with Crippen molar-refractivity contribution in [2.24, 2.45) is 5.92 Å². The summed E-state index contributed by atoms with van der Waals surface area (Å²) in [6.45, 7) is 8.67. The van der Waals surface area contributed by atoms with E-state index >= 15 is 0 Å². The van der Waals surface area contributed by atoms with Crippen molar-refractivity contribution in [2.45, 2.75) is 33.6 Å². The van der Waals surface area contributed by atoms with Gasteiger partial charge in [0.2, 0.25) is 0 Å². The minimum atomic E-state index is 0.686. The maximum Gasteiger partial charge on any atom is 0.122 e. The van der Waals surface area contributed by atoms with Gasteiger partial charge in [-0.25, -0.2) is 0 Å². The number of ether oxygens (including phenoxy) is 1. The maximum absolute atomic E-state index is 5.43. The van der Waals surface area contributed by atoms with Crippen LogP contribution in [0.4, 0.5) is 0 Å². The van der Waals surface area contributed by atoms with Gasteiger partial charge >= 0.3 is 0 Å². The van der Waals surface area contributed by atoms with Gasteiger partial charge in [-0.15, -0.1) is 0 Å². The monoisotopic (exact) mass is 235 g/mol. The highest BCUT2D eigenvalue weighted by Gasteiger charge is 2.10. The predicted octanol–water partition coefficient (Wildman–Crippen LogP) is 3.18. The normalized spacial score (nSPS) is 12.5. The summed E-state index contributed by atoms with van der Waals surface area (Å²) in [4.78, 5) is 0. The van der Waals surface area contributed by atoms with Crippen molar-refractivity contribution in [3.8, 4) is 5.75 Å². The molecule has 0 bridgehead atoms. The molecule has 17 heavy (non-hydrogen) atoms. The van der Waals surface area contributed by atoms with E-state index < -0.39 is 0 Å². The van der Waals surface area contributed by atoms with Crippen LogP contribution in [0.25, 0.3) is 0 Å². The van der Waals surface area contributed by atoms with E-state index in [-0.39, 0.29) is 0 Å². The van der Waals surface area contributed by atoms with Crippen LogP contribution < -0.4 is 10.1 Å². The Hall–Kier alpha value is -1.02. The van der Waals surface area contributed by atoms with Crippen LogP contribution in [0.3, 0.4) is 0 Å². The van der Waals surface area contributed by atoms with Crippen molar-refractivity contribution in [2.75, 3.05) is 20.2 Å². The van der Waals surface area contributed by atoms with Gasteiger partial charge in [0.05, 0.1) is 7.11 Å². The van der Waals surface area contributed by atoms with Crippen molar-refractivity contribution < 1.29 is 4.74 Å². The molecule has 0 aliphatic carbocycles. The topological polar surface area (TPSA) is 21.3 Å². The van der Waals surface area contributed by atoms with Crippen LogP contribution >= 0.6 is 0 Å². The molecule has 0 saturated heterocycles. The first-order chi connectivity index (χ1) is 8.21. The lowest BCUT2D eigenvalue weighted by molar-refractivity contribution is 0.399. The fourth-order valence-electron chi connectivity index (χ4n) is 2.09. The molecule has 0 saturated carbocycles. The largest absolute Gasteiger partial charge is 0.496 e. The molecular formula is C15H25NO. The van der Waals surface area contributed by atoms with Crippen molar-refractivity contribution in [1.82, 2.24) is 5.32 Å². The Morgan fingerprint density at radius 2 is 2.06 bits per heavy atom. The van der Waals surface area contributed by atoms with Gasteiger partial charge in [0.25, 0.3) is 0 Å². The number of benzene rings is 1. The summed E-state index contributed by atoms with van der Waals surface area (Å²) in [5.41, 5.74) is 2.64. The first-order valence-corrected chi connectivity index (χ1v) is 6.55. The maximum atomic E-state index is 5.43. The number of aryl methyl sites for hydroxylation is 1. The van der Waals surface area contributed by atoms with Crippen LogP contribution in [-0.2, 0) is 6.42 Å². The molecule has 0 spiro atoms. The molecule has 0 aliphatic rings. The average molecular weight is 235 g/mol. The summed E-state index contributed by atoms with van der Waals surface area (Å²) >= 11 is 0. The lowest BCUT2D eigenvalue weighted by Gasteiger charge is -2.17. The summed E-state index contributed by atoms with van der Waals surface area (Å²) in [5, 5.41) is 3.43. The zero-order valence-corrected chi connectivity index (χ0v) is 11.5. The molecule has 0 heterocycles. The van der Waals surface area contributed by atoms with Gasteiger partial charge in [-0.1, -0.05) is 38.0 Å². The number of hydrogen-bond donors (Lipinski definition) is 1. The lowest BCUT2D eigenvalue weighted by atomic mass is 9.95. The summed E-state index contributed by atoms with van der Waals surface area (Å²) in [5.74, 6) is 1.70. The van der Waals surface area contributed by atoms with Crippen LogP contribution in [-0.4, -0.2) is 20.2 Å². The molecule has 0 aromatic heterocycles. The van der Waals surface area contributed by atoms with Gasteiger partial charge in [-0.2, -0.15) is 0 Å². The Morgan fingerprint density at radius 3 is 2.65 bits per heavy atom. The second-order valence-corrected chi connectivity index (χ2v) is 4.60. The van der Waals surface area contributed by atoms with E-state index in [1.807, 2.05) is 0 Å². The third-order valence-electron chi connectivity index (χ3n) is 3.20. The Bertz CT molecular complexity index is 336. The Kier molecular flexibility index (Phi) is 6.06. The Balaban J connectivity index is 2.73. The van der Waals surface area contributed by atoms with Gasteiger partial charge in [0.15, 0.2) is 0 Å². The predicted molar refractivity (Wildman–Crippen MR) is 73.8 cm³/mol. The third kappa shape index (κ3) is 4.39. The van der Waals surface area contributed by atoms with Crippen LogP contribution in [0.1, 0.15) is 31.4 Å². The zero-order valence-electron chi connectivity index (χ0n) is 11.5. The molecule has 2 nitrogen and oxygen atoms in total. The molecule has 1 aromatic carbocycles. The standard InChI is InChI=1S/C15H25NO/c1-5-13(11-16-6-2)10-14-9-12(3)7-8-15(14)17-4/h7-9,13,16H,5-6,10-11H2,1-4H3. The molecule has 0 amide bonds. The van der Waals surface area contributed by atoms with E-state index in [4.69, 9.17) is 4.74 Å². The summed E-state index contributed by atoms with van der Waals surface area (Å²) in [6.07, 6.45) is 2.29. The number of methoxy groups -OCH3 is 1. The summed E-state index contributed by atoms with van der Waals surface area (Å²) < 4.78 is 5.43. The molecule has 96 valence electrons. The zero-order chi connectivity index (χ0) is 12.7. The smallest absolute Gasteiger partial charge is 0.122 e. The summed E-state index contributed by atoms with van der Waals surface area (Å²) in [7, 11) is 1.75. The van der Waals surface area contributed by atoms with Crippen LogP contribution in [0.5, 0.6) is 5.75 Å². The van der Waals surface area contributed by atoms with E-state index in [2.05, 4.69) is 44.3 Å². The van der Waals surface area contributed by atoms with Crippen molar-refractivity contribution in [3.05, 3.63) is 29.3 Å². The highest BCUT2D eigenvalue weighted by atomic mass is 16.5. The first-order valence-electron chi connectivity index (χ1n) is 6.55. The quantitative estimate of drug-likeness (QED) is 0.783. The molecule has 1 atom stereocenters. The number of rotatable bonds is 7. The average Bonchev–Trinajstić information content (AvgIpc) is 2.34. The molecule has 1 N–H and O–H groups in total. The molecule has 1 unspecified atom stereocenters. The van der Waals surface area contributed by atoms with Crippen LogP contribution in [0.2, 0.25) is 0 Å². The second kappa shape index (κ2) is 7.33. The Morgan fingerprint density at radius 1 is 1.29 bits per heavy atom. The fourth-order valence-corrected chi connectivity index (χ4v) is 2.09. The highest BCUT2D eigenvalue weighted by Crippen LogP contribution is 2.23. The number of hydrogen-bond acceptors (Lipinski definition) is 2. The van der Waals surface area contributed by atoms with Crippen molar-refractivity contribution in [1.29, 1.82) is 0 Å². The van der Waals surface area contributed by atoms with E-state index in [9.17, 15) is 0 Å². The summed E-state index contributed by atoms with van der Waals surface area (Å²) in [6, 6.07) is 6.42. The fraction of sp³-hybridized carbons (Fsp3) is 0.600. The van der Waals surface area contributed by atoms with E-state index in [1.165, 1.54) is 17.5 Å². The lowest BCUT2D eigenvalue weighted by Crippen LogP contribution is -2.23. The van der Waals surface area contributed by atoms with Crippen molar-refractivity contribution >= 4 is 0 Å². The van der Waals surface area contributed by atoms with Gasteiger partial charge < -0.3 is 10.1 Å². The van der Waals surface area contributed by atoms with Crippen LogP contribution in [0, 0.1) is 12.8 Å². The Labute approximate surface area is 105 Å². The van der Waals surface area contributed by atoms with Gasteiger partial charge in [0.1, 0.15) is 5.75 Å². The SMILES string of the molecule is CCNCC(CC)Cc1cc(C)ccc1OC. The van der Waals surface area contributed by atoms with Gasteiger partial charge in [0, 0.05) is 0 Å². The highest BCUT2D eigenvalue weighted by molar-refractivity contribution is 5.37. The molecule has 2 heteroatoms. The van der Waals surface area contributed by atoms with Crippen molar-refractivity contribution in [3.63, 3.8) is 0 Å². The first kappa shape index (κ1) is 14.0. The molecular weight excluding hydrogens is 210 g/mol. The molecule has 1 rings (SSSR count). The molecule has 1 aromatic rings. The third-order valence-corrected chi connectivity index (χ3v) is 3.20. The molecule has 0 radical (unpaired) electrons. The number of nitrogens with one attached hydrogen (secondary N) is 1. The van der Waals surface area contributed by atoms with E-state index in [1.54, 1.807) is 7.11 Å². The minimum absolute atomic E-state index is 0.686. The van der Waals surface area contributed by atoms with Gasteiger partial charge in [-0.3, -0.25) is 0 Å².